The number of halogens is 2. The minimum atomic E-state index is -0.956. The molecular weight excluding hydrogens is 252 g/mol. The largest absolute Gasteiger partial charge is 0.391 e. The molecule has 1 aliphatic rings. The van der Waals surface area contributed by atoms with Gasteiger partial charge in [0.15, 0.2) is 11.6 Å². The molecule has 1 aromatic rings. The van der Waals surface area contributed by atoms with Gasteiger partial charge < -0.3 is 10.4 Å². The maximum Gasteiger partial charge on any atom is 0.224 e. The van der Waals surface area contributed by atoms with E-state index < -0.39 is 17.7 Å². The Hall–Kier alpha value is -1.49. The molecule has 19 heavy (non-hydrogen) atoms. The summed E-state index contributed by atoms with van der Waals surface area (Å²) < 4.78 is 25.8. The molecule has 1 aromatic carbocycles. The molecule has 2 atom stereocenters. The van der Waals surface area contributed by atoms with Crippen molar-refractivity contribution in [2.75, 3.05) is 0 Å². The fourth-order valence-corrected chi connectivity index (χ4v) is 2.37. The van der Waals surface area contributed by atoms with Gasteiger partial charge in [0.05, 0.1) is 18.6 Å². The van der Waals surface area contributed by atoms with E-state index in [-0.39, 0.29) is 18.4 Å². The van der Waals surface area contributed by atoms with Crippen molar-refractivity contribution in [3.8, 4) is 0 Å². The summed E-state index contributed by atoms with van der Waals surface area (Å²) in [6.45, 7) is 0. The monoisotopic (exact) mass is 269 g/mol. The number of aliphatic hydroxyl groups is 1. The molecule has 1 fully saturated rings. The summed E-state index contributed by atoms with van der Waals surface area (Å²) in [4.78, 5) is 11.8. The van der Waals surface area contributed by atoms with Gasteiger partial charge in [-0.3, -0.25) is 4.79 Å². The van der Waals surface area contributed by atoms with Crippen LogP contribution in [0.4, 0.5) is 8.78 Å². The number of amides is 1. The van der Waals surface area contributed by atoms with Crippen molar-refractivity contribution < 1.29 is 18.7 Å². The Balaban J connectivity index is 1.91. The second kappa shape index (κ2) is 6.10. The number of carbonyl (C=O) groups is 1. The van der Waals surface area contributed by atoms with Crippen molar-refractivity contribution in [2.24, 2.45) is 0 Å². The van der Waals surface area contributed by atoms with Gasteiger partial charge in [-0.15, -0.1) is 0 Å². The molecule has 2 rings (SSSR count). The fourth-order valence-electron chi connectivity index (χ4n) is 2.37. The number of hydrogen-bond donors (Lipinski definition) is 2. The normalized spacial score (nSPS) is 23.1. The van der Waals surface area contributed by atoms with Gasteiger partial charge in [-0.1, -0.05) is 18.9 Å². The van der Waals surface area contributed by atoms with E-state index in [0.717, 1.165) is 31.4 Å². The minimum Gasteiger partial charge on any atom is -0.391 e. The fraction of sp³-hybridized carbons (Fsp3) is 0.500. The summed E-state index contributed by atoms with van der Waals surface area (Å²) in [6, 6.07) is 3.18. The molecule has 0 aromatic heterocycles. The number of carbonyl (C=O) groups excluding carboxylic acids is 1. The van der Waals surface area contributed by atoms with Crippen LogP contribution in [0, 0.1) is 11.6 Å². The molecule has 0 unspecified atom stereocenters. The van der Waals surface area contributed by atoms with Gasteiger partial charge in [-0.25, -0.2) is 8.78 Å². The lowest BCUT2D eigenvalue weighted by atomic mass is 9.92. The summed E-state index contributed by atoms with van der Waals surface area (Å²) in [7, 11) is 0. The van der Waals surface area contributed by atoms with Gasteiger partial charge in [-0.05, 0) is 30.5 Å². The molecule has 0 radical (unpaired) electrons. The Morgan fingerprint density at radius 3 is 2.68 bits per heavy atom. The van der Waals surface area contributed by atoms with Crippen molar-refractivity contribution in [1.29, 1.82) is 0 Å². The molecule has 5 heteroatoms. The van der Waals surface area contributed by atoms with Crippen LogP contribution in [0.25, 0.3) is 0 Å². The number of benzene rings is 1. The molecule has 104 valence electrons. The van der Waals surface area contributed by atoms with Gasteiger partial charge in [0.1, 0.15) is 0 Å². The van der Waals surface area contributed by atoms with E-state index in [2.05, 4.69) is 5.32 Å². The average Bonchev–Trinajstić information content (AvgIpc) is 2.37. The SMILES string of the molecule is O=C(Cc1ccc(F)c(F)c1)N[C@@H]1CCCC[C@H]1O. The summed E-state index contributed by atoms with van der Waals surface area (Å²) in [5, 5.41) is 12.5. The van der Waals surface area contributed by atoms with Gasteiger partial charge >= 0.3 is 0 Å². The van der Waals surface area contributed by atoms with Crippen molar-refractivity contribution in [3.63, 3.8) is 0 Å². The van der Waals surface area contributed by atoms with Crippen molar-refractivity contribution >= 4 is 5.91 Å². The predicted octanol–water partition coefficient (Wildman–Crippen LogP) is 1.93. The molecule has 2 N–H and O–H groups in total. The number of hydrogen-bond acceptors (Lipinski definition) is 2. The highest BCUT2D eigenvalue weighted by atomic mass is 19.2. The van der Waals surface area contributed by atoms with Crippen LogP contribution >= 0.6 is 0 Å². The molecule has 1 saturated carbocycles. The highest BCUT2D eigenvalue weighted by Crippen LogP contribution is 2.18. The van der Waals surface area contributed by atoms with E-state index in [1.165, 1.54) is 6.07 Å². The lowest BCUT2D eigenvalue weighted by molar-refractivity contribution is -0.122. The maximum atomic E-state index is 13.0. The number of nitrogens with one attached hydrogen (secondary N) is 1. The highest BCUT2D eigenvalue weighted by Gasteiger charge is 2.24. The first-order chi connectivity index (χ1) is 9.06. The lowest BCUT2D eigenvalue weighted by Gasteiger charge is -2.28. The minimum absolute atomic E-state index is 0.0135. The van der Waals surface area contributed by atoms with Crippen LogP contribution < -0.4 is 5.32 Å². The molecule has 0 bridgehead atoms. The molecule has 1 aliphatic carbocycles. The van der Waals surface area contributed by atoms with E-state index in [9.17, 15) is 18.7 Å². The highest BCUT2D eigenvalue weighted by molar-refractivity contribution is 5.78. The van der Waals surface area contributed by atoms with Crippen molar-refractivity contribution in [1.82, 2.24) is 5.32 Å². The third-order valence-electron chi connectivity index (χ3n) is 3.42. The Morgan fingerprint density at radius 2 is 2.00 bits per heavy atom. The second-order valence-electron chi connectivity index (χ2n) is 4.95. The van der Waals surface area contributed by atoms with Crippen molar-refractivity contribution in [3.05, 3.63) is 35.4 Å². The third kappa shape index (κ3) is 3.73. The van der Waals surface area contributed by atoms with E-state index >= 15 is 0 Å². The Bertz CT molecular complexity index is 465. The summed E-state index contributed by atoms with van der Waals surface area (Å²) in [6.07, 6.45) is 2.87. The lowest BCUT2D eigenvalue weighted by Crippen LogP contribution is -2.45. The second-order valence-corrected chi connectivity index (χ2v) is 4.95. The Labute approximate surface area is 110 Å². The van der Waals surface area contributed by atoms with Crippen LogP contribution in [0.5, 0.6) is 0 Å². The summed E-state index contributed by atoms with van der Waals surface area (Å²) >= 11 is 0. The van der Waals surface area contributed by atoms with E-state index in [1.807, 2.05) is 0 Å². The van der Waals surface area contributed by atoms with Gasteiger partial charge in [-0.2, -0.15) is 0 Å². The zero-order valence-corrected chi connectivity index (χ0v) is 10.5. The number of rotatable bonds is 3. The zero-order valence-electron chi connectivity index (χ0n) is 10.5. The molecule has 0 saturated heterocycles. The zero-order chi connectivity index (χ0) is 13.8. The first-order valence-electron chi connectivity index (χ1n) is 6.47. The first-order valence-corrected chi connectivity index (χ1v) is 6.47. The Kier molecular flexibility index (Phi) is 4.47. The van der Waals surface area contributed by atoms with Gasteiger partial charge in [0.25, 0.3) is 0 Å². The van der Waals surface area contributed by atoms with Crippen LogP contribution in [0.3, 0.4) is 0 Å². The van der Waals surface area contributed by atoms with Gasteiger partial charge in [0, 0.05) is 0 Å². The quantitative estimate of drug-likeness (QED) is 0.881. The summed E-state index contributed by atoms with van der Waals surface area (Å²) in [5.74, 6) is -2.16. The first kappa shape index (κ1) is 13.9. The average molecular weight is 269 g/mol. The standard InChI is InChI=1S/C14H17F2NO2/c15-10-6-5-9(7-11(10)16)8-14(19)17-12-3-1-2-4-13(12)18/h5-7,12-13,18H,1-4,8H2,(H,17,19)/t12-,13-/m1/s1. The summed E-state index contributed by atoms with van der Waals surface area (Å²) in [5.41, 5.74) is 0.418. The molecule has 0 aliphatic heterocycles. The van der Waals surface area contributed by atoms with Crippen LogP contribution in [-0.2, 0) is 11.2 Å². The van der Waals surface area contributed by atoms with E-state index in [4.69, 9.17) is 0 Å². The number of aliphatic hydroxyl groups excluding tert-OH is 1. The maximum absolute atomic E-state index is 13.0. The predicted molar refractivity (Wildman–Crippen MR) is 66.5 cm³/mol. The third-order valence-corrected chi connectivity index (χ3v) is 3.42. The van der Waals surface area contributed by atoms with E-state index in [1.54, 1.807) is 0 Å². The van der Waals surface area contributed by atoms with Crippen LogP contribution in [0.2, 0.25) is 0 Å². The van der Waals surface area contributed by atoms with E-state index in [0.29, 0.717) is 12.0 Å². The van der Waals surface area contributed by atoms with Crippen LogP contribution in [-0.4, -0.2) is 23.2 Å². The van der Waals surface area contributed by atoms with Gasteiger partial charge in [0.2, 0.25) is 5.91 Å². The molecular formula is C14H17F2NO2. The van der Waals surface area contributed by atoms with Crippen LogP contribution in [0.1, 0.15) is 31.2 Å². The van der Waals surface area contributed by atoms with Crippen LogP contribution in [0.15, 0.2) is 18.2 Å². The molecule has 3 nitrogen and oxygen atoms in total. The Morgan fingerprint density at radius 1 is 1.26 bits per heavy atom. The van der Waals surface area contributed by atoms with Crippen molar-refractivity contribution in [2.45, 2.75) is 44.2 Å². The molecule has 1 amide bonds. The topological polar surface area (TPSA) is 49.3 Å². The molecule has 0 spiro atoms. The molecule has 0 heterocycles. The smallest absolute Gasteiger partial charge is 0.224 e.